The van der Waals surface area contributed by atoms with Gasteiger partial charge >= 0.3 is 29.6 Å². The maximum absolute atomic E-state index is 8.96. The third-order valence-corrected chi connectivity index (χ3v) is 1.29. The molecule has 0 heterocycles. The summed E-state index contributed by atoms with van der Waals surface area (Å²) >= 11 is 0. The van der Waals surface area contributed by atoms with Crippen molar-refractivity contribution in [3.63, 3.8) is 0 Å². The molecule has 6 heteroatoms. The van der Waals surface area contributed by atoms with E-state index in [4.69, 9.17) is 15.3 Å². The second kappa shape index (κ2) is 8.40. The molecular weight excluding hydrogens is 171 g/mol. The Labute approximate surface area is 95.3 Å². The second-order valence-corrected chi connectivity index (χ2v) is 2.34. The number of aliphatic hydroxyl groups is 3. The van der Waals surface area contributed by atoms with E-state index >= 15 is 0 Å². The van der Waals surface area contributed by atoms with Gasteiger partial charge < -0.3 is 21.5 Å². The number of nitrogens with zero attached hydrogens (tertiary/aromatic N) is 1. The summed E-state index contributed by atoms with van der Waals surface area (Å²) in [6.45, 7) is 4.46. The van der Waals surface area contributed by atoms with Gasteiger partial charge in [-0.1, -0.05) is 0 Å². The number of aliphatic hydroxyl groups excluding tert-OH is 3. The van der Waals surface area contributed by atoms with Gasteiger partial charge in [-0.25, -0.2) is 4.90 Å². The van der Waals surface area contributed by atoms with Gasteiger partial charge in [0.1, 0.15) is 18.7 Å². The van der Waals surface area contributed by atoms with Gasteiger partial charge in [0.05, 0.1) is 0 Å². The summed E-state index contributed by atoms with van der Waals surface area (Å²) < 4.78 is 0. The zero-order valence-electron chi connectivity index (χ0n) is 7.23. The van der Waals surface area contributed by atoms with Crippen molar-refractivity contribution >= 4 is 29.6 Å². The van der Waals surface area contributed by atoms with Crippen molar-refractivity contribution in [3.8, 4) is 0 Å². The standard InChI is InChI=1S/C6H15NO3.H3N.Na.H/c1-4(8)7(5(2)9)6(3)10;;;/h4-6,8-10H,1-3H3;1H3;;. The fraction of sp³-hybridized carbons (Fsp3) is 1.00. The Balaban J connectivity index is -0.000000405. The van der Waals surface area contributed by atoms with Crippen molar-refractivity contribution in [1.82, 2.24) is 11.1 Å². The number of hydrogen-bond donors (Lipinski definition) is 4. The van der Waals surface area contributed by atoms with Crippen molar-refractivity contribution in [3.05, 3.63) is 0 Å². The van der Waals surface area contributed by atoms with Gasteiger partial charge in [-0.3, -0.25) is 0 Å². The average molecular weight is 190 g/mol. The van der Waals surface area contributed by atoms with Crippen LogP contribution in [0.2, 0.25) is 0 Å². The van der Waals surface area contributed by atoms with E-state index in [1.54, 1.807) is 0 Å². The molecule has 6 N–H and O–H groups in total. The Kier molecular flexibility index (Phi) is 13.0. The molecule has 0 rings (SSSR count). The van der Waals surface area contributed by atoms with Crippen molar-refractivity contribution in [1.29, 1.82) is 0 Å². The zero-order valence-corrected chi connectivity index (χ0v) is 7.23. The van der Waals surface area contributed by atoms with Crippen molar-refractivity contribution in [2.24, 2.45) is 0 Å². The fourth-order valence-corrected chi connectivity index (χ4v) is 0.937. The molecule has 0 aliphatic carbocycles. The normalized spacial score (nSPS) is 17.2. The van der Waals surface area contributed by atoms with Gasteiger partial charge in [0.15, 0.2) is 0 Å². The molecule has 5 nitrogen and oxygen atoms in total. The Bertz CT molecular complexity index is 81.8. The minimum absolute atomic E-state index is 0. The molecule has 0 amide bonds. The van der Waals surface area contributed by atoms with Crippen LogP contribution in [0.15, 0.2) is 0 Å². The summed E-state index contributed by atoms with van der Waals surface area (Å²) in [5, 5.41) is 26.9. The molecule has 72 valence electrons. The molecule has 3 unspecified atom stereocenters. The first kappa shape index (κ1) is 18.6. The third-order valence-electron chi connectivity index (χ3n) is 1.29. The first-order valence-electron chi connectivity index (χ1n) is 3.28. The quantitative estimate of drug-likeness (QED) is 0.331. The molecule has 0 aliphatic rings. The van der Waals surface area contributed by atoms with E-state index in [2.05, 4.69) is 0 Å². The van der Waals surface area contributed by atoms with Gasteiger partial charge in [0.25, 0.3) is 0 Å². The van der Waals surface area contributed by atoms with E-state index in [0.29, 0.717) is 0 Å². The van der Waals surface area contributed by atoms with Crippen LogP contribution in [0.5, 0.6) is 0 Å². The zero-order chi connectivity index (χ0) is 8.31. The third kappa shape index (κ3) is 6.33. The molecular formula is C6H19N2NaO3. The van der Waals surface area contributed by atoms with E-state index in [0.717, 1.165) is 0 Å². The Morgan fingerprint density at radius 3 is 1.00 bits per heavy atom. The Hall–Kier alpha value is 0.800. The van der Waals surface area contributed by atoms with Gasteiger partial charge in [-0.15, -0.1) is 0 Å². The second-order valence-electron chi connectivity index (χ2n) is 2.34. The van der Waals surface area contributed by atoms with E-state index in [9.17, 15) is 0 Å². The molecule has 0 saturated carbocycles. The molecule has 0 aromatic carbocycles. The molecule has 0 saturated heterocycles. The summed E-state index contributed by atoms with van der Waals surface area (Å²) in [5.74, 6) is 0. The number of hydrogen-bond acceptors (Lipinski definition) is 5. The van der Waals surface area contributed by atoms with Crippen molar-refractivity contribution in [2.45, 2.75) is 39.5 Å². The van der Waals surface area contributed by atoms with Crippen LogP contribution in [0.3, 0.4) is 0 Å². The van der Waals surface area contributed by atoms with E-state index < -0.39 is 18.7 Å². The predicted molar refractivity (Wildman–Crippen MR) is 49.1 cm³/mol. The average Bonchev–Trinajstić information content (AvgIpc) is 1.59. The molecule has 0 aliphatic heterocycles. The SMILES string of the molecule is CC(O)N(C(C)O)C(C)O.N.[NaH]. The van der Waals surface area contributed by atoms with Crippen LogP contribution in [-0.2, 0) is 0 Å². The first-order valence-corrected chi connectivity index (χ1v) is 3.28. The fourth-order valence-electron chi connectivity index (χ4n) is 0.937. The molecule has 0 aromatic heterocycles. The van der Waals surface area contributed by atoms with Crippen LogP contribution in [0, 0.1) is 0 Å². The van der Waals surface area contributed by atoms with Crippen LogP contribution in [-0.4, -0.2) is 68.5 Å². The minimum atomic E-state index is -0.833. The van der Waals surface area contributed by atoms with Crippen molar-refractivity contribution in [2.75, 3.05) is 0 Å². The summed E-state index contributed by atoms with van der Waals surface area (Å²) in [4.78, 5) is 1.17. The molecule has 0 radical (unpaired) electrons. The van der Waals surface area contributed by atoms with Crippen LogP contribution < -0.4 is 6.15 Å². The first-order chi connectivity index (χ1) is 4.46. The summed E-state index contributed by atoms with van der Waals surface area (Å²) in [6.07, 6.45) is -2.50. The topological polar surface area (TPSA) is 98.9 Å². The molecule has 0 aromatic rings. The molecule has 0 bridgehead atoms. The van der Waals surface area contributed by atoms with Crippen LogP contribution >= 0.6 is 0 Å². The van der Waals surface area contributed by atoms with Gasteiger partial charge in [0.2, 0.25) is 0 Å². The Morgan fingerprint density at radius 1 is 0.833 bits per heavy atom. The summed E-state index contributed by atoms with van der Waals surface area (Å²) in [6, 6.07) is 0. The Morgan fingerprint density at radius 2 is 1.00 bits per heavy atom. The molecule has 0 spiro atoms. The van der Waals surface area contributed by atoms with E-state index in [-0.39, 0.29) is 35.7 Å². The van der Waals surface area contributed by atoms with E-state index in [1.807, 2.05) is 0 Å². The predicted octanol–water partition coefficient (Wildman–Crippen LogP) is -1.18. The molecule has 12 heavy (non-hydrogen) atoms. The van der Waals surface area contributed by atoms with E-state index in [1.165, 1.54) is 25.7 Å². The molecule has 3 atom stereocenters. The summed E-state index contributed by atoms with van der Waals surface area (Å²) in [7, 11) is 0. The monoisotopic (exact) mass is 190 g/mol. The van der Waals surface area contributed by atoms with Crippen molar-refractivity contribution < 1.29 is 15.3 Å². The maximum atomic E-state index is 8.96. The van der Waals surface area contributed by atoms with Crippen LogP contribution in [0.25, 0.3) is 0 Å². The number of rotatable bonds is 3. The molecule has 0 fully saturated rings. The van der Waals surface area contributed by atoms with Crippen LogP contribution in [0.4, 0.5) is 0 Å². The van der Waals surface area contributed by atoms with Gasteiger partial charge in [-0.2, -0.15) is 0 Å². The summed E-state index contributed by atoms with van der Waals surface area (Å²) in [5.41, 5.74) is 0. The van der Waals surface area contributed by atoms with Gasteiger partial charge in [-0.05, 0) is 20.8 Å². The van der Waals surface area contributed by atoms with Crippen LogP contribution in [0.1, 0.15) is 20.8 Å². The van der Waals surface area contributed by atoms with Gasteiger partial charge in [0, 0.05) is 0 Å².